The Labute approximate surface area is 144 Å². The van der Waals surface area contributed by atoms with Crippen LogP contribution in [0.4, 0.5) is 0 Å². The van der Waals surface area contributed by atoms with Crippen LogP contribution in [0.5, 0.6) is 5.75 Å². The average Bonchev–Trinajstić information content (AvgIpc) is 3.12. The molecule has 4 rings (SSSR count). The molecule has 2 aliphatic rings. The molecular weight excluding hydrogens is 296 g/mol. The average molecular weight is 322 g/mol. The number of benzene rings is 2. The van der Waals surface area contributed by atoms with E-state index in [0.717, 1.165) is 38.3 Å². The van der Waals surface area contributed by atoms with Crippen molar-refractivity contribution in [2.45, 2.75) is 31.2 Å². The van der Waals surface area contributed by atoms with Crippen molar-refractivity contribution in [1.82, 2.24) is 4.90 Å². The summed E-state index contributed by atoms with van der Waals surface area (Å²) in [5.41, 5.74) is 10.1. The summed E-state index contributed by atoms with van der Waals surface area (Å²) in [7, 11) is 0. The predicted octanol–water partition coefficient (Wildman–Crippen LogP) is 3.78. The topological polar surface area (TPSA) is 38.5 Å². The zero-order valence-electron chi connectivity index (χ0n) is 14.2. The van der Waals surface area contributed by atoms with Crippen LogP contribution in [0.3, 0.4) is 0 Å². The number of rotatable bonds is 3. The summed E-state index contributed by atoms with van der Waals surface area (Å²) in [6, 6.07) is 17.2. The molecule has 2 aromatic rings. The largest absolute Gasteiger partial charge is 0.493 e. The maximum Gasteiger partial charge on any atom is 0.124 e. The highest BCUT2D eigenvalue weighted by Gasteiger charge is 2.41. The Hall–Kier alpha value is -1.84. The van der Waals surface area contributed by atoms with E-state index >= 15 is 0 Å². The van der Waals surface area contributed by atoms with Gasteiger partial charge in [0.1, 0.15) is 5.75 Å². The van der Waals surface area contributed by atoms with Crippen molar-refractivity contribution < 1.29 is 4.74 Å². The molecule has 2 aromatic carbocycles. The van der Waals surface area contributed by atoms with Crippen LogP contribution in [0, 0.1) is 0 Å². The lowest BCUT2D eigenvalue weighted by Crippen LogP contribution is -2.49. The molecule has 0 amide bonds. The Bertz CT molecular complexity index is 694. The lowest BCUT2D eigenvalue weighted by molar-refractivity contribution is 0.112. The van der Waals surface area contributed by atoms with Crippen LogP contribution in [0.15, 0.2) is 48.5 Å². The molecule has 0 saturated carbocycles. The number of fused-ring (bicyclic) bond motifs is 1. The summed E-state index contributed by atoms with van der Waals surface area (Å²) >= 11 is 0. The maximum absolute atomic E-state index is 6.39. The molecule has 0 bridgehead atoms. The van der Waals surface area contributed by atoms with Gasteiger partial charge in [-0.3, -0.25) is 4.90 Å². The first-order chi connectivity index (χ1) is 11.8. The second kappa shape index (κ2) is 6.58. The number of hydrogen-bond donors (Lipinski definition) is 1. The summed E-state index contributed by atoms with van der Waals surface area (Å²) in [5, 5.41) is 0. The number of ether oxygens (including phenoxy) is 1. The maximum atomic E-state index is 6.39. The fourth-order valence-electron chi connectivity index (χ4n) is 4.33. The van der Waals surface area contributed by atoms with Crippen molar-refractivity contribution in [3.05, 3.63) is 54.1 Å². The van der Waals surface area contributed by atoms with Gasteiger partial charge in [-0.2, -0.15) is 0 Å². The van der Waals surface area contributed by atoms with Gasteiger partial charge < -0.3 is 10.5 Å². The van der Waals surface area contributed by atoms with Gasteiger partial charge in [0.25, 0.3) is 0 Å². The first-order valence-corrected chi connectivity index (χ1v) is 9.11. The van der Waals surface area contributed by atoms with Gasteiger partial charge in [-0.05, 0) is 62.0 Å². The second-order valence-corrected chi connectivity index (χ2v) is 6.96. The van der Waals surface area contributed by atoms with E-state index in [2.05, 4.69) is 53.4 Å². The molecule has 0 radical (unpaired) electrons. The molecule has 126 valence electrons. The van der Waals surface area contributed by atoms with Crippen LogP contribution in [0.1, 0.15) is 31.2 Å². The third-order valence-electron chi connectivity index (χ3n) is 5.63. The van der Waals surface area contributed by atoms with Gasteiger partial charge in [0.2, 0.25) is 0 Å². The van der Waals surface area contributed by atoms with Crippen molar-refractivity contribution in [1.29, 1.82) is 0 Å². The van der Waals surface area contributed by atoms with E-state index in [1.54, 1.807) is 0 Å². The van der Waals surface area contributed by atoms with Gasteiger partial charge in [-0.15, -0.1) is 0 Å². The van der Waals surface area contributed by atoms with Gasteiger partial charge in [0.05, 0.1) is 12.1 Å². The van der Waals surface area contributed by atoms with Gasteiger partial charge in [-0.1, -0.05) is 36.4 Å². The minimum Gasteiger partial charge on any atom is -0.493 e. The third kappa shape index (κ3) is 2.62. The Morgan fingerprint density at radius 1 is 0.958 bits per heavy atom. The zero-order valence-corrected chi connectivity index (χ0v) is 14.2. The molecule has 0 spiro atoms. The second-order valence-electron chi connectivity index (χ2n) is 6.96. The number of nitrogens with two attached hydrogens (primary N) is 1. The molecule has 2 aliphatic heterocycles. The van der Waals surface area contributed by atoms with Gasteiger partial charge in [0, 0.05) is 12.1 Å². The van der Waals surface area contributed by atoms with Crippen LogP contribution in [-0.2, 0) is 5.54 Å². The molecule has 0 aromatic heterocycles. The Balaban J connectivity index is 1.84. The van der Waals surface area contributed by atoms with Crippen molar-refractivity contribution in [3.8, 4) is 16.9 Å². The van der Waals surface area contributed by atoms with Gasteiger partial charge in [0.15, 0.2) is 0 Å². The quantitative estimate of drug-likeness (QED) is 0.935. The summed E-state index contributed by atoms with van der Waals surface area (Å²) in [6.45, 7) is 3.73. The highest BCUT2D eigenvalue weighted by molar-refractivity contribution is 5.66. The lowest BCUT2D eigenvalue weighted by atomic mass is 9.82. The van der Waals surface area contributed by atoms with Gasteiger partial charge in [-0.25, -0.2) is 0 Å². The van der Waals surface area contributed by atoms with E-state index in [0.29, 0.717) is 6.54 Å². The van der Waals surface area contributed by atoms with E-state index in [1.807, 2.05) is 0 Å². The summed E-state index contributed by atoms with van der Waals surface area (Å²) in [6.07, 6.45) is 4.68. The minimum atomic E-state index is -0.0763. The number of hydrogen-bond acceptors (Lipinski definition) is 3. The van der Waals surface area contributed by atoms with Crippen LogP contribution in [0.2, 0.25) is 0 Å². The molecule has 2 heterocycles. The molecule has 2 N–H and O–H groups in total. The summed E-state index contributed by atoms with van der Waals surface area (Å²) in [4.78, 5) is 2.61. The Morgan fingerprint density at radius 2 is 1.75 bits per heavy atom. The molecule has 3 nitrogen and oxygen atoms in total. The molecule has 1 fully saturated rings. The van der Waals surface area contributed by atoms with Crippen LogP contribution < -0.4 is 10.5 Å². The van der Waals surface area contributed by atoms with Crippen molar-refractivity contribution >= 4 is 0 Å². The van der Waals surface area contributed by atoms with Crippen LogP contribution in [-0.4, -0.2) is 31.1 Å². The molecule has 0 aliphatic carbocycles. The standard InChI is InChI=1S/C21H26N2O/c22-16-21(23-12-4-5-13-23)11-6-14-24-20-10-9-18(15-19(20)21)17-7-2-1-3-8-17/h1-3,7-10,15H,4-6,11-14,16,22H2. The van der Waals surface area contributed by atoms with E-state index in [1.165, 1.54) is 29.5 Å². The van der Waals surface area contributed by atoms with Crippen LogP contribution >= 0.6 is 0 Å². The predicted molar refractivity (Wildman–Crippen MR) is 98.1 cm³/mol. The monoisotopic (exact) mass is 322 g/mol. The molecule has 24 heavy (non-hydrogen) atoms. The van der Waals surface area contributed by atoms with Crippen molar-refractivity contribution in [3.63, 3.8) is 0 Å². The van der Waals surface area contributed by atoms with Crippen molar-refractivity contribution in [2.24, 2.45) is 5.73 Å². The first kappa shape index (κ1) is 15.7. The fraction of sp³-hybridized carbons (Fsp3) is 0.429. The first-order valence-electron chi connectivity index (χ1n) is 9.11. The highest BCUT2D eigenvalue weighted by atomic mass is 16.5. The Morgan fingerprint density at radius 3 is 2.50 bits per heavy atom. The molecule has 1 saturated heterocycles. The smallest absolute Gasteiger partial charge is 0.124 e. The van der Waals surface area contributed by atoms with Gasteiger partial charge >= 0.3 is 0 Å². The normalized spacial score (nSPS) is 24.2. The van der Waals surface area contributed by atoms with E-state index in [-0.39, 0.29) is 5.54 Å². The Kier molecular flexibility index (Phi) is 4.30. The summed E-state index contributed by atoms with van der Waals surface area (Å²) in [5.74, 6) is 1.02. The van der Waals surface area contributed by atoms with Crippen molar-refractivity contribution in [2.75, 3.05) is 26.2 Å². The SMILES string of the molecule is NCC1(N2CCCC2)CCCOc2ccc(-c3ccccc3)cc21. The number of nitrogens with zero attached hydrogens (tertiary/aromatic N) is 1. The molecule has 1 unspecified atom stereocenters. The number of likely N-dealkylation sites (tertiary alicyclic amines) is 1. The van der Waals surface area contributed by atoms with Crippen LogP contribution in [0.25, 0.3) is 11.1 Å². The highest BCUT2D eigenvalue weighted by Crippen LogP contribution is 2.43. The molecule has 1 atom stereocenters. The van der Waals surface area contributed by atoms with E-state index in [4.69, 9.17) is 10.5 Å². The fourth-order valence-corrected chi connectivity index (χ4v) is 4.33. The van der Waals surface area contributed by atoms with E-state index < -0.39 is 0 Å². The molecular formula is C21H26N2O. The minimum absolute atomic E-state index is 0.0763. The lowest BCUT2D eigenvalue weighted by Gasteiger charge is -2.41. The zero-order chi connectivity index (χ0) is 16.4. The molecule has 3 heteroatoms. The third-order valence-corrected chi connectivity index (χ3v) is 5.63. The summed E-state index contributed by atoms with van der Waals surface area (Å²) < 4.78 is 6.07. The van der Waals surface area contributed by atoms with E-state index in [9.17, 15) is 0 Å².